The van der Waals surface area contributed by atoms with Gasteiger partial charge in [0.25, 0.3) is 0 Å². The largest absolute Gasteiger partial charge is 0.409 e. The predicted molar refractivity (Wildman–Crippen MR) is 80.6 cm³/mol. The highest BCUT2D eigenvalue weighted by molar-refractivity contribution is 5.85. The number of fused-ring (bicyclic) bond motifs is 5. The van der Waals surface area contributed by atoms with E-state index in [1.54, 1.807) is 0 Å². The van der Waals surface area contributed by atoms with Crippen LogP contribution in [0, 0.1) is 29.1 Å². The van der Waals surface area contributed by atoms with Crippen molar-refractivity contribution in [3.63, 3.8) is 0 Å². The second kappa shape index (κ2) is 5.21. The molecule has 0 saturated heterocycles. The number of nitrogens with two attached hydrogens (primary N) is 1. The Morgan fingerprint density at radius 3 is 2.50 bits per heavy atom. The highest BCUT2D eigenvalue weighted by atomic mass is 16.4. The van der Waals surface area contributed by atoms with Crippen molar-refractivity contribution in [2.75, 3.05) is 6.54 Å². The quantitative estimate of drug-likeness (QED) is 0.220. The maximum Gasteiger partial charge on any atom is 0.144 e. The SMILES string of the molecule is CC(C)(CCCCNC1C2C3CCC(C3)C12)C(N)=NO. The van der Waals surface area contributed by atoms with Crippen LogP contribution in [0.3, 0.4) is 0 Å². The van der Waals surface area contributed by atoms with Crippen LogP contribution in [0.2, 0.25) is 0 Å². The third-order valence-corrected chi connectivity index (χ3v) is 6.15. The summed E-state index contributed by atoms with van der Waals surface area (Å²) in [6.45, 7) is 5.21. The van der Waals surface area contributed by atoms with Gasteiger partial charge in [-0.2, -0.15) is 0 Å². The van der Waals surface area contributed by atoms with Crippen LogP contribution in [-0.4, -0.2) is 23.6 Å². The van der Waals surface area contributed by atoms with E-state index in [0.29, 0.717) is 5.84 Å². The molecule has 3 aliphatic carbocycles. The maximum absolute atomic E-state index is 8.75. The Labute approximate surface area is 122 Å². The van der Waals surface area contributed by atoms with Crippen LogP contribution in [0.25, 0.3) is 0 Å². The van der Waals surface area contributed by atoms with Crippen LogP contribution in [-0.2, 0) is 0 Å². The van der Waals surface area contributed by atoms with E-state index in [9.17, 15) is 0 Å². The Bertz CT molecular complexity index is 377. The van der Waals surface area contributed by atoms with Gasteiger partial charge in [-0.15, -0.1) is 0 Å². The molecule has 0 aromatic heterocycles. The van der Waals surface area contributed by atoms with E-state index in [0.717, 1.165) is 49.1 Å². The molecule has 0 aliphatic heterocycles. The summed E-state index contributed by atoms with van der Waals surface area (Å²) in [5.74, 6) is 4.52. The molecule has 0 aromatic carbocycles. The molecule has 3 rings (SSSR count). The number of nitrogens with zero attached hydrogens (tertiary/aromatic N) is 1. The van der Waals surface area contributed by atoms with Gasteiger partial charge in [-0.3, -0.25) is 0 Å². The molecule has 0 radical (unpaired) electrons. The highest BCUT2D eigenvalue weighted by Gasteiger charge is 2.64. The lowest BCUT2D eigenvalue weighted by Gasteiger charge is -2.22. The third kappa shape index (κ3) is 2.43. The summed E-state index contributed by atoms with van der Waals surface area (Å²) in [5.41, 5.74) is 5.52. The van der Waals surface area contributed by atoms with E-state index < -0.39 is 0 Å². The van der Waals surface area contributed by atoms with Crippen molar-refractivity contribution in [2.24, 2.45) is 40.0 Å². The van der Waals surface area contributed by atoms with Crippen molar-refractivity contribution in [3.05, 3.63) is 0 Å². The molecule has 0 aromatic rings. The second-order valence-electron chi connectivity index (χ2n) is 7.79. The average molecular weight is 279 g/mol. The molecule has 3 saturated carbocycles. The van der Waals surface area contributed by atoms with Gasteiger partial charge in [-0.1, -0.05) is 25.4 Å². The van der Waals surface area contributed by atoms with E-state index in [1.165, 1.54) is 25.7 Å². The van der Waals surface area contributed by atoms with Crippen molar-refractivity contribution in [3.8, 4) is 0 Å². The smallest absolute Gasteiger partial charge is 0.144 e. The molecular weight excluding hydrogens is 250 g/mol. The van der Waals surface area contributed by atoms with Crippen LogP contribution in [0.1, 0.15) is 52.4 Å². The summed E-state index contributed by atoms with van der Waals surface area (Å²) in [4.78, 5) is 0. The van der Waals surface area contributed by atoms with Gasteiger partial charge in [0.05, 0.1) is 0 Å². The molecule has 4 N–H and O–H groups in total. The van der Waals surface area contributed by atoms with Gasteiger partial charge in [-0.05, 0) is 62.3 Å². The standard InChI is InChI=1S/C16H29N3O/c1-16(2,15(17)19-20)7-3-4-8-18-14-12-10-5-6-11(9-10)13(12)14/h10-14,18,20H,3-9H2,1-2H3,(H2,17,19). The molecule has 0 amide bonds. The molecule has 2 bridgehead atoms. The number of hydrogen-bond donors (Lipinski definition) is 3. The van der Waals surface area contributed by atoms with Gasteiger partial charge in [0.1, 0.15) is 5.84 Å². The molecular formula is C16H29N3O. The van der Waals surface area contributed by atoms with Crippen molar-refractivity contribution >= 4 is 5.84 Å². The van der Waals surface area contributed by atoms with Crippen molar-refractivity contribution in [1.82, 2.24) is 5.32 Å². The zero-order valence-corrected chi connectivity index (χ0v) is 12.8. The minimum atomic E-state index is -0.191. The Morgan fingerprint density at radius 2 is 1.90 bits per heavy atom. The topological polar surface area (TPSA) is 70.6 Å². The van der Waals surface area contributed by atoms with Gasteiger partial charge in [0.15, 0.2) is 0 Å². The minimum Gasteiger partial charge on any atom is -0.409 e. The molecule has 4 heteroatoms. The lowest BCUT2D eigenvalue weighted by atomic mass is 9.86. The molecule has 0 heterocycles. The first-order chi connectivity index (χ1) is 9.54. The van der Waals surface area contributed by atoms with Gasteiger partial charge in [0.2, 0.25) is 0 Å². The molecule has 4 atom stereocenters. The first-order valence-corrected chi connectivity index (χ1v) is 8.26. The Hall–Kier alpha value is -0.770. The summed E-state index contributed by atoms with van der Waals surface area (Å²) >= 11 is 0. The van der Waals surface area contributed by atoms with Crippen molar-refractivity contribution < 1.29 is 5.21 Å². The fraction of sp³-hybridized carbons (Fsp3) is 0.938. The van der Waals surface area contributed by atoms with Crippen molar-refractivity contribution in [1.29, 1.82) is 0 Å². The van der Waals surface area contributed by atoms with Gasteiger partial charge < -0.3 is 16.3 Å². The number of nitrogens with one attached hydrogen (secondary N) is 1. The zero-order chi connectivity index (χ0) is 14.3. The Kier molecular flexibility index (Phi) is 3.69. The van der Waals surface area contributed by atoms with Crippen molar-refractivity contribution in [2.45, 2.75) is 58.4 Å². The number of unbranched alkanes of at least 4 members (excludes halogenated alkanes) is 1. The summed E-state index contributed by atoms with van der Waals surface area (Å²) in [7, 11) is 0. The minimum absolute atomic E-state index is 0.191. The summed E-state index contributed by atoms with van der Waals surface area (Å²) < 4.78 is 0. The lowest BCUT2D eigenvalue weighted by Crippen LogP contribution is -2.32. The highest BCUT2D eigenvalue weighted by Crippen LogP contribution is 2.65. The second-order valence-corrected chi connectivity index (χ2v) is 7.79. The third-order valence-electron chi connectivity index (χ3n) is 6.15. The molecule has 4 unspecified atom stereocenters. The first-order valence-electron chi connectivity index (χ1n) is 8.26. The Balaban J connectivity index is 1.31. The van der Waals surface area contributed by atoms with Crippen LogP contribution < -0.4 is 11.1 Å². The van der Waals surface area contributed by atoms with Gasteiger partial charge >= 0.3 is 0 Å². The maximum atomic E-state index is 8.75. The number of amidine groups is 1. The van der Waals surface area contributed by atoms with E-state index in [1.807, 2.05) is 13.8 Å². The van der Waals surface area contributed by atoms with E-state index in [4.69, 9.17) is 10.9 Å². The number of oxime groups is 1. The normalized spacial score (nSPS) is 39.1. The number of rotatable bonds is 7. The van der Waals surface area contributed by atoms with Gasteiger partial charge in [0, 0.05) is 11.5 Å². The Morgan fingerprint density at radius 1 is 1.25 bits per heavy atom. The van der Waals surface area contributed by atoms with E-state index in [-0.39, 0.29) is 5.41 Å². The molecule has 114 valence electrons. The summed E-state index contributed by atoms with van der Waals surface area (Å²) in [5, 5.41) is 15.7. The van der Waals surface area contributed by atoms with Crippen LogP contribution in [0.4, 0.5) is 0 Å². The fourth-order valence-corrected chi connectivity index (χ4v) is 4.82. The zero-order valence-electron chi connectivity index (χ0n) is 12.8. The molecule has 3 aliphatic rings. The van der Waals surface area contributed by atoms with E-state index in [2.05, 4.69) is 10.5 Å². The van der Waals surface area contributed by atoms with Gasteiger partial charge in [-0.25, -0.2) is 0 Å². The summed E-state index contributed by atoms with van der Waals surface area (Å²) in [6, 6.07) is 0.846. The average Bonchev–Trinajstić information content (AvgIpc) is 2.82. The molecule has 3 fully saturated rings. The van der Waals surface area contributed by atoms with Crippen LogP contribution in [0.15, 0.2) is 5.16 Å². The fourth-order valence-electron chi connectivity index (χ4n) is 4.82. The van der Waals surface area contributed by atoms with E-state index >= 15 is 0 Å². The summed E-state index contributed by atoms with van der Waals surface area (Å²) in [6.07, 6.45) is 7.82. The monoisotopic (exact) mass is 279 g/mol. The molecule has 20 heavy (non-hydrogen) atoms. The van der Waals surface area contributed by atoms with Crippen LogP contribution in [0.5, 0.6) is 0 Å². The predicted octanol–water partition coefficient (Wildman–Crippen LogP) is 2.56. The molecule has 4 nitrogen and oxygen atoms in total. The molecule has 0 spiro atoms. The van der Waals surface area contributed by atoms with Crippen LogP contribution >= 0.6 is 0 Å². The first kappa shape index (κ1) is 14.2. The number of hydrogen-bond acceptors (Lipinski definition) is 3. The lowest BCUT2D eigenvalue weighted by molar-refractivity contribution is 0.304.